The van der Waals surface area contributed by atoms with Gasteiger partial charge in [-0.25, -0.2) is 15.0 Å². The van der Waals surface area contributed by atoms with E-state index in [1.54, 1.807) is 0 Å². The van der Waals surface area contributed by atoms with Gasteiger partial charge in [0.2, 0.25) is 5.95 Å². The number of fused-ring (bicyclic) bond motifs is 2. The third kappa shape index (κ3) is 3.82. The Morgan fingerprint density at radius 1 is 1.42 bits per heavy atom. The van der Waals surface area contributed by atoms with Crippen LogP contribution in [0.15, 0.2) is 0 Å². The first kappa shape index (κ1) is 18.2. The molecule has 4 N–H and O–H groups in total. The molecule has 3 amide bonds. The second-order valence-corrected chi connectivity index (χ2v) is 6.59. The molecule has 0 radical (unpaired) electrons. The van der Waals surface area contributed by atoms with Crippen molar-refractivity contribution in [1.29, 1.82) is 0 Å². The number of rotatable bonds is 7. The van der Waals surface area contributed by atoms with E-state index in [-0.39, 0.29) is 32.1 Å². The number of nitrogens with one attached hydrogen (secondary N) is 1. The number of piperidine rings is 1. The highest BCUT2D eigenvalue weighted by Gasteiger charge is 2.49. The zero-order valence-corrected chi connectivity index (χ0v) is 14.1. The maximum Gasteiger partial charge on any atom is 0.418 e. The minimum Gasteiger partial charge on any atom is -0.367 e. The van der Waals surface area contributed by atoms with Crippen molar-refractivity contribution in [3.8, 4) is 0 Å². The Morgan fingerprint density at radius 3 is 2.85 bits per heavy atom. The predicted molar refractivity (Wildman–Crippen MR) is 79.7 cm³/mol. The Balaban J connectivity index is 1.51. The van der Waals surface area contributed by atoms with Gasteiger partial charge in [-0.15, -0.1) is 4.28 Å². The second-order valence-electron chi connectivity index (χ2n) is 5.58. The fourth-order valence-electron chi connectivity index (χ4n) is 2.80. The summed E-state index contributed by atoms with van der Waals surface area (Å²) in [5, 5.41) is 11.0. The van der Waals surface area contributed by atoms with Crippen LogP contribution < -0.4 is 11.2 Å². The molecule has 2 aliphatic heterocycles. The molecule has 15 nitrogen and oxygen atoms in total. The van der Waals surface area contributed by atoms with Crippen molar-refractivity contribution >= 4 is 28.3 Å². The number of nitrogens with zero attached hydrogens (tertiary/aromatic N) is 6. The number of hydrogen-bond acceptors (Lipinski definition) is 10. The first-order valence-electron chi connectivity index (χ1n) is 7.46. The minimum atomic E-state index is -4.83. The van der Waals surface area contributed by atoms with E-state index >= 15 is 0 Å². The van der Waals surface area contributed by atoms with Crippen molar-refractivity contribution in [1.82, 2.24) is 35.7 Å². The maximum atomic E-state index is 12.2. The fraction of sp³-hybridized carbons (Fsp3) is 0.700. The van der Waals surface area contributed by atoms with Crippen LogP contribution >= 0.6 is 0 Å². The molecule has 0 spiro atoms. The van der Waals surface area contributed by atoms with Gasteiger partial charge in [0.1, 0.15) is 6.04 Å². The Kier molecular flexibility index (Phi) is 4.90. The van der Waals surface area contributed by atoms with E-state index in [1.165, 1.54) is 4.68 Å². The van der Waals surface area contributed by atoms with E-state index in [4.69, 9.17) is 15.1 Å². The molecule has 3 rings (SSSR count). The molecule has 144 valence electrons. The van der Waals surface area contributed by atoms with E-state index in [1.807, 2.05) is 0 Å². The molecular weight excluding hydrogens is 376 g/mol. The van der Waals surface area contributed by atoms with Crippen LogP contribution in [0.3, 0.4) is 0 Å². The van der Waals surface area contributed by atoms with E-state index < -0.39 is 34.4 Å². The standard InChI is InChI=1S/C10H16N8O7S/c11-9-12-14-15-17(9)3-4-24-13-8(19)7-2-1-6-5-16(7)10(20)18(6)25-26(21,22)23/h6-7H,1-5H2,(H,13,19)(H2,11,12,15)(H,21,22,23)/t6-,7+/m1/s1. The van der Waals surface area contributed by atoms with Gasteiger partial charge in [0.25, 0.3) is 5.91 Å². The summed E-state index contributed by atoms with van der Waals surface area (Å²) in [7, 11) is -4.83. The van der Waals surface area contributed by atoms with E-state index in [0.29, 0.717) is 11.5 Å². The normalized spacial score (nSPS) is 22.7. The molecule has 0 aromatic carbocycles. The number of tetrazole rings is 1. The summed E-state index contributed by atoms with van der Waals surface area (Å²) >= 11 is 0. The van der Waals surface area contributed by atoms with Crippen LogP contribution in [0, 0.1) is 0 Å². The molecule has 2 bridgehead atoms. The molecule has 2 aliphatic rings. The van der Waals surface area contributed by atoms with Crippen LogP contribution in [-0.2, 0) is 30.9 Å². The average Bonchev–Trinajstić information content (AvgIpc) is 3.08. The van der Waals surface area contributed by atoms with Gasteiger partial charge in [-0.05, 0) is 23.3 Å². The predicted octanol–water partition coefficient (Wildman–Crippen LogP) is -2.69. The number of carbonyl (C=O) groups excluding carboxylic acids is 2. The monoisotopic (exact) mass is 392 g/mol. The molecule has 1 aromatic heterocycles. The summed E-state index contributed by atoms with van der Waals surface area (Å²) in [6, 6.07) is -2.25. The van der Waals surface area contributed by atoms with Crippen molar-refractivity contribution in [3.05, 3.63) is 0 Å². The lowest BCUT2D eigenvalue weighted by molar-refractivity contribution is -0.139. The number of nitrogen functional groups attached to an aromatic ring is 1. The van der Waals surface area contributed by atoms with E-state index in [0.717, 1.165) is 4.90 Å². The molecule has 2 saturated heterocycles. The number of amides is 3. The van der Waals surface area contributed by atoms with Crippen molar-refractivity contribution in [2.75, 3.05) is 18.9 Å². The lowest BCUT2D eigenvalue weighted by atomic mass is 10.0. The van der Waals surface area contributed by atoms with Gasteiger partial charge in [0.15, 0.2) is 0 Å². The van der Waals surface area contributed by atoms with Gasteiger partial charge < -0.3 is 10.6 Å². The number of nitrogens with two attached hydrogens (primary N) is 1. The van der Waals surface area contributed by atoms with Crippen LogP contribution in [0.1, 0.15) is 12.8 Å². The topological polar surface area (TPSA) is 195 Å². The molecular formula is C10H16N8O7S. The van der Waals surface area contributed by atoms with E-state index in [2.05, 4.69) is 25.3 Å². The third-order valence-electron chi connectivity index (χ3n) is 3.94. The van der Waals surface area contributed by atoms with E-state index in [9.17, 15) is 18.0 Å². The van der Waals surface area contributed by atoms with Gasteiger partial charge in [-0.1, -0.05) is 5.10 Å². The fourth-order valence-corrected chi connectivity index (χ4v) is 3.19. The minimum absolute atomic E-state index is 0.0300. The number of hydrogen-bond donors (Lipinski definition) is 3. The van der Waals surface area contributed by atoms with Crippen molar-refractivity contribution in [2.45, 2.75) is 31.5 Å². The number of carbonyl (C=O) groups is 2. The van der Waals surface area contributed by atoms with Crippen molar-refractivity contribution in [3.63, 3.8) is 0 Å². The summed E-state index contributed by atoms with van der Waals surface area (Å²) in [5.41, 5.74) is 7.69. The van der Waals surface area contributed by atoms with Crippen molar-refractivity contribution in [2.24, 2.45) is 0 Å². The molecule has 16 heteroatoms. The summed E-state index contributed by atoms with van der Waals surface area (Å²) < 4.78 is 36.0. The first-order valence-corrected chi connectivity index (χ1v) is 8.83. The Hall–Kier alpha value is -2.56. The summed E-state index contributed by atoms with van der Waals surface area (Å²) in [6.45, 7) is 0.320. The first-order chi connectivity index (χ1) is 12.3. The van der Waals surface area contributed by atoms with Crippen LogP contribution in [0.25, 0.3) is 0 Å². The molecule has 2 fully saturated rings. The van der Waals surface area contributed by atoms with Crippen LogP contribution in [0.5, 0.6) is 0 Å². The van der Waals surface area contributed by atoms with Crippen LogP contribution in [-0.4, -0.2) is 80.3 Å². The number of urea groups is 1. The third-order valence-corrected chi connectivity index (χ3v) is 4.29. The van der Waals surface area contributed by atoms with Crippen molar-refractivity contribution < 1.29 is 31.7 Å². The number of hydroxylamine groups is 3. The lowest BCUT2D eigenvalue weighted by Crippen LogP contribution is -2.49. The van der Waals surface area contributed by atoms with Gasteiger partial charge >= 0.3 is 16.4 Å². The Morgan fingerprint density at radius 2 is 2.19 bits per heavy atom. The molecule has 2 atom stereocenters. The number of anilines is 1. The van der Waals surface area contributed by atoms with Gasteiger partial charge in [-0.2, -0.15) is 13.5 Å². The van der Waals surface area contributed by atoms with Crippen LogP contribution in [0.4, 0.5) is 10.7 Å². The maximum absolute atomic E-state index is 12.2. The molecule has 0 saturated carbocycles. The smallest absolute Gasteiger partial charge is 0.367 e. The van der Waals surface area contributed by atoms with Crippen LogP contribution in [0.2, 0.25) is 0 Å². The molecule has 0 unspecified atom stereocenters. The largest absolute Gasteiger partial charge is 0.418 e. The summed E-state index contributed by atoms with van der Waals surface area (Å²) in [4.78, 5) is 30.6. The highest BCUT2D eigenvalue weighted by atomic mass is 32.3. The average molecular weight is 392 g/mol. The highest BCUT2D eigenvalue weighted by molar-refractivity contribution is 7.80. The zero-order chi connectivity index (χ0) is 18.9. The SMILES string of the molecule is Nc1nnnn1CCONC(=O)[C@@H]1CC[C@@H]2CN1C(=O)N2OS(=O)(=O)O. The van der Waals surface area contributed by atoms with Gasteiger partial charge in [0, 0.05) is 6.54 Å². The number of aromatic nitrogens is 4. The van der Waals surface area contributed by atoms with Gasteiger partial charge in [0.05, 0.1) is 19.2 Å². The molecule has 3 heterocycles. The molecule has 0 aliphatic carbocycles. The molecule has 1 aromatic rings. The summed E-state index contributed by atoms with van der Waals surface area (Å²) in [5.74, 6) is -0.477. The Labute approximate surface area is 146 Å². The Bertz CT molecular complexity index is 797. The summed E-state index contributed by atoms with van der Waals surface area (Å²) in [6.07, 6.45) is 0.591. The quantitative estimate of drug-likeness (QED) is 0.248. The van der Waals surface area contributed by atoms with Gasteiger partial charge in [-0.3, -0.25) is 14.2 Å². The zero-order valence-electron chi connectivity index (χ0n) is 13.3. The highest BCUT2D eigenvalue weighted by Crippen LogP contribution is 2.30. The lowest BCUT2D eigenvalue weighted by Gasteiger charge is -2.28. The molecule has 26 heavy (non-hydrogen) atoms. The second kappa shape index (κ2) is 6.98.